The number of rotatable bonds is 15. The first-order chi connectivity index (χ1) is 18.9. The van der Waals surface area contributed by atoms with Crippen LogP contribution in [0.3, 0.4) is 0 Å². The van der Waals surface area contributed by atoms with E-state index < -0.39 is 30.2 Å². The summed E-state index contributed by atoms with van der Waals surface area (Å²) in [5.41, 5.74) is 1.57. The van der Waals surface area contributed by atoms with Crippen LogP contribution in [0, 0.1) is 11.8 Å². The molecule has 0 bridgehead atoms. The largest absolute Gasteiger partial charge is 0.465 e. The van der Waals surface area contributed by atoms with Gasteiger partial charge in [-0.15, -0.1) is 0 Å². The highest BCUT2D eigenvalue weighted by molar-refractivity contribution is 6.01. The molecule has 13 nitrogen and oxygen atoms in total. The number of cyclic esters (lactones) is 1. The highest BCUT2D eigenvalue weighted by Crippen LogP contribution is 2.29. The van der Waals surface area contributed by atoms with E-state index in [0.717, 1.165) is 11.1 Å². The molecule has 3 rings (SSSR count). The lowest BCUT2D eigenvalue weighted by Crippen LogP contribution is -2.52. The summed E-state index contributed by atoms with van der Waals surface area (Å²) in [7, 11) is 0. The molecule has 0 saturated carbocycles. The summed E-state index contributed by atoms with van der Waals surface area (Å²) in [5.74, 6) is 5.14. The molecular formula is C26H33N3O10. The number of hydrogen-bond acceptors (Lipinski definition) is 9. The lowest BCUT2D eigenvalue weighted by atomic mass is 10.0. The molecule has 4 amide bonds. The lowest BCUT2D eigenvalue weighted by molar-refractivity contribution is -0.136. The van der Waals surface area contributed by atoms with Gasteiger partial charge in [-0.05, 0) is 24.1 Å². The van der Waals surface area contributed by atoms with Gasteiger partial charge < -0.3 is 34.1 Å². The third kappa shape index (κ3) is 10.5. The van der Waals surface area contributed by atoms with Crippen LogP contribution in [0.4, 0.5) is 9.59 Å². The van der Waals surface area contributed by atoms with E-state index in [2.05, 4.69) is 22.5 Å². The first kappa shape index (κ1) is 29.9. The topological polar surface area (TPSA) is 162 Å². The fourth-order valence-corrected chi connectivity index (χ4v) is 3.82. The highest BCUT2D eigenvalue weighted by atomic mass is 16.6. The van der Waals surface area contributed by atoms with Crippen LogP contribution >= 0.6 is 0 Å². The van der Waals surface area contributed by atoms with E-state index in [1.807, 2.05) is 24.3 Å². The molecule has 39 heavy (non-hydrogen) atoms. The number of hydrogen-bond donors (Lipinski definition) is 3. The number of nitrogens with one attached hydrogen (secondary N) is 2. The maximum Gasteiger partial charge on any atom is 0.411 e. The molecule has 13 heteroatoms. The SMILES string of the molecule is O=C(O)NCCOCCOCCOCCOCC#Cc1ccc([C@H]2CN(C3CCC(=O)NC3=O)C(=O)O2)cc1. The van der Waals surface area contributed by atoms with Gasteiger partial charge in [0, 0.05) is 18.5 Å². The first-order valence-electron chi connectivity index (χ1n) is 12.6. The van der Waals surface area contributed by atoms with Gasteiger partial charge in [0.05, 0.1) is 52.8 Å². The van der Waals surface area contributed by atoms with Gasteiger partial charge in [-0.2, -0.15) is 0 Å². The Bertz CT molecular complexity index is 1040. The Morgan fingerprint density at radius 1 is 1.00 bits per heavy atom. The average molecular weight is 548 g/mol. The minimum atomic E-state index is -1.08. The van der Waals surface area contributed by atoms with Crippen molar-refractivity contribution in [2.75, 3.05) is 65.9 Å². The molecule has 0 spiro atoms. The summed E-state index contributed by atoms with van der Waals surface area (Å²) in [6.07, 6.45) is -1.66. The normalized spacial score (nSPS) is 18.8. The zero-order chi connectivity index (χ0) is 27.9. The third-order valence-electron chi connectivity index (χ3n) is 5.75. The van der Waals surface area contributed by atoms with Crippen molar-refractivity contribution >= 4 is 24.0 Å². The Labute approximate surface area is 226 Å². The highest BCUT2D eigenvalue weighted by Gasteiger charge is 2.41. The second kappa shape index (κ2) is 16.3. The standard InChI is InChI=1S/C26H33N3O10/c30-23-8-7-21(24(31)28-23)29-18-22(39-26(29)34)20-5-3-19(4-6-20)2-1-10-35-12-14-37-16-17-38-15-13-36-11-9-27-25(32)33/h3-6,21-22,27H,7-18H2,(H,32,33)(H,28,30,31)/t21?,22-/m1/s1. The predicted octanol–water partition coefficient (Wildman–Crippen LogP) is 0.671. The van der Waals surface area contributed by atoms with Crippen molar-refractivity contribution in [1.82, 2.24) is 15.5 Å². The van der Waals surface area contributed by atoms with Crippen molar-refractivity contribution < 1.29 is 48.0 Å². The molecule has 2 saturated heterocycles. The fraction of sp³-hybridized carbons (Fsp3) is 0.538. The number of ether oxygens (including phenoxy) is 5. The summed E-state index contributed by atoms with van der Waals surface area (Å²) >= 11 is 0. The number of imide groups is 1. The third-order valence-corrected chi connectivity index (χ3v) is 5.75. The zero-order valence-corrected chi connectivity index (χ0v) is 21.5. The van der Waals surface area contributed by atoms with Crippen LogP contribution in [0.1, 0.15) is 30.1 Å². The summed E-state index contributed by atoms with van der Waals surface area (Å²) in [4.78, 5) is 47.4. The molecule has 1 unspecified atom stereocenters. The molecule has 1 aromatic rings. The van der Waals surface area contributed by atoms with Crippen LogP contribution in [0.2, 0.25) is 0 Å². The molecule has 2 heterocycles. The van der Waals surface area contributed by atoms with Crippen LogP contribution in [-0.2, 0) is 33.3 Å². The van der Waals surface area contributed by atoms with E-state index in [-0.39, 0.29) is 38.4 Å². The van der Waals surface area contributed by atoms with E-state index in [9.17, 15) is 19.2 Å². The van der Waals surface area contributed by atoms with Crippen LogP contribution in [0.5, 0.6) is 0 Å². The Kier molecular flexibility index (Phi) is 12.5. The number of nitrogens with zero attached hydrogens (tertiary/aromatic N) is 1. The van der Waals surface area contributed by atoms with Gasteiger partial charge in [-0.1, -0.05) is 24.0 Å². The Hall–Kier alpha value is -3.70. The Morgan fingerprint density at radius 3 is 2.28 bits per heavy atom. The molecule has 0 radical (unpaired) electrons. The molecule has 1 aromatic carbocycles. The van der Waals surface area contributed by atoms with E-state index in [1.165, 1.54) is 4.90 Å². The van der Waals surface area contributed by atoms with Crippen molar-refractivity contribution in [3.8, 4) is 11.8 Å². The van der Waals surface area contributed by atoms with E-state index in [4.69, 9.17) is 28.8 Å². The maximum atomic E-state index is 12.3. The smallest absolute Gasteiger partial charge is 0.411 e. The molecule has 212 valence electrons. The maximum absolute atomic E-state index is 12.3. The van der Waals surface area contributed by atoms with Gasteiger partial charge in [-0.25, -0.2) is 9.59 Å². The average Bonchev–Trinajstić information content (AvgIpc) is 3.29. The number of carbonyl (C=O) groups excluding carboxylic acids is 3. The van der Waals surface area contributed by atoms with Crippen molar-refractivity contribution in [2.24, 2.45) is 0 Å². The molecular weight excluding hydrogens is 514 g/mol. The van der Waals surface area contributed by atoms with Gasteiger partial charge in [0.2, 0.25) is 11.8 Å². The number of carbonyl (C=O) groups is 4. The van der Waals surface area contributed by atoms with E-state index in [0.29, 0.717) is 46.2 Å². The van der Waals surface area contributed by atoms with Crippen molar-refractivity contribution in [1.29, 1.82) is 0 Å². The Balaban J connectivity index is 1.23. The zero-order valence-electron chi connectivity index (χ0n) is 21.5. The lowest BCUT2D eigenvalue weighted by Gasteiger charge is -2.27. The minimum Gasteiger partial charge on any atom is -0.465 e. The van der Waals surface area contributed by atoms with Gasteiger partial charge in [-0.3, -0.25) is 19.8 Å². The van der Waals surface area contributed by atoms with Crippen LogP contribution in [0.25, 0.3) is 0 Å². The van der Waals surface area contributed by atoms with E-state index >= 15 is 0 Å². The predicted molar refractivity (Wildman–Crippen MR) is 135 cm³/mol. The number of amides is 4. The van der Waals surface area contributed by atoms with Gasteiger partial charge in [0.25, 0.3) is 0 Å². The summed E-state index contributed by atoms with van der Waals surface area (Å²) < 4.78 is 26.8. The minimum absolute atomic E-state index is 0.194. The number of benzene rings is 1. The number of carboxylic acid groups (broad SMARTS) is 1. The summed E-state index contributed by atoms with van der Waals surface area (Å²) in [5, 5.41) is 12.9. The Morgan fingerprint density at radius 2 is 1.64 bits per heavy atom. The molecule has 2 aliphatic heterocycles. The molecule has 2 aliphatic rings. The van der Waals surface area contributed by atoms with Gasteiger partial charge in [0.15, 0.2) is 0 Å². The second-order valence-electron chi connectivity index (χ2n) is 8.54. The number of piperidine rings is 1. The molecule has 0 aliphatic carbocycles. The monoisotopic (exact) mass is 547 g/mol. The second-order valence-corrected chi connectivity index (χ2v) is 8.54. The van der Waals surface area contributed by atoms with Crippen LogP contribution in [-0.4, -0.2) is 106 Å². The molecule has 2 atom stereocenters. The fourth-order valence-electron chi connectivity index (χ4n) is 3.82. The van der Waals surface area contributed by atoms with Crippen molar-refractivity contribution in [3.63, 3.8) is 0 Å². The van der Waals surface area contributed by atoms with E-state index in [1.54, 1.807) is 0 Å². The summed E-state index contributed by atoms with van der Waals surface area (Å²) in [6.45, 7) is 3.43. The van der Waals surface area contributed by atoms with Crippen LogP contribution in [0.15, 0.2) is 24.3 Å². The van der Waals surface area contributed by atoms with Crippen molar-refractivity contribution in [3.05, 3.63) is 35.4 Å². The molecule has 3 N–H and O–H groups in total. The van der Waals surface area contributed by atoms with Gasteiger partial charge >= 0.3 is 12.2 Å². The first-order valence-corrected chi connectivity index (χ1v) is 12.6. The molecule has 0 aromatic heterocycles. The van der Waals surface area contributed by atoms with Gasteiger partial charge in [0.1, 0.15) is 18.8 Å². The quantitative estimate of drug-likeness (QED) is 0.162. The van der Waals surface area contributed by atoms with Crippen molar-refractivity contribution in [2.45, 2.75) is 25.0 Å². The molecule has 2 fully saturated rings. The summed E-state index contributed by atoms with van der Waals surface area (Å²) in [6, 6.07) is 6.61. The van der Waals surface area contributed by atoms with Crippen LogP contribution < -0.4 is 10.6 Å².